The number of carbonyl (C=O) groups is 1. The van der Waals surface area contributed by atoms with Gasteiger partial charge in [0, 0.05) is 31.5 Å². The smallest absolute Gasteiger partial charge is 0.253 e. The number of aromatic amines is 1. The van der Waals surface area contributed by atoms with Crippen LogP contribution in [0.15, 0.2) is 36.7 Å². The molecule has 5 nitrogen and oxygen atoms in total. The van der Waals surface area contributed by atoms with E-state index in [0.717, 1.165) is 12.4 Å². The molecule has 2 aromatic rings. The maximum absolute atomic E-state index is 12.3. The second kappa shape index (κ2) is 6.34. The molecule has 1 N–H and O–H groups in total. The molecule has 0 spiro atoms. The highest BCUT2D eigenvalue weighted by Gasteiger charge is 2.12. The van der Waals surface area contributed by atoms with Gasteiger partial charge in [0.15, 0.2) is 0 Å². The lowest BCUT2D eigenvalue weighted by molar-refractivity contribution is 0.0782. The number of hydrogen-bond donors (Lipinski definition) is 1. The van der Waals surface area contributed by atoms with Gasteiger partial charge in [0.2, 0.25) is 0 Å². The van der Waals surface area contributed by atoms with Gasteiger partial charge in [-0.1, -0.05) is 12.1 Å². The molecule has 0 bridgehead atoms. The highest BCUT2D eigenvalue weighted by Crippen LogP contribution is 2.09. The lowest BCUT2D eigenvalue weighted by atomic mass is 10.1. The number of hydrogen-bond acceptors (Lipinski definition) is 3. The lowest BCUT2D eigenvalue weighted by Crippen LogP contribution is -2.26. The van der Waals surface area contributed by atoms with Crippen LogP contribution >= 0.6 is 0 Å². The summed E-state index contributed by atoms with van der Waals surface area (Å²) in [6.07, 6.45) is 3.44. The van der Waals surface area contributed by atoms with Crippen molar-refractivity contribution in [3.05, 3.63) is 53.6 Å². The van der Waals surface area contributed by atoms with Gasteiger partial charge in [0.25, 0.3) is 5.91 Å². The molecule has 20 heavy (non-hydrogen) atoms. The Balaban J connectivity index is 2.01. The number of aromatic nitrogens is 2. The number of nitrogens with zero attached hydrogens (tertiary/aromatic N) is 3. The number of amides is 1. The number of imidazole rings is 1. The van der Waals surface area contributed by atoms with Crippen LogP contribution in [-0.4, -0.2) is 46.8 Å². The fourth-order valence-electron chi connectivity index (χ4n) is 2.02. The molecule has 1 amide bonds. The molecular weight excluding hydrogens is 252 g/mol. The fraction of sp³-hybridized carbons (Fsp3) is 0.333. The number of rotatable bonds is 5. The van der Waals surface area contributed by atoms with E-state index >= 15 is 0 Å². The van der Waals surface area contributed by atoms with Crippen LogP contribution in [0, 0.1) is 0 Å². The van der Waals surface area contributed by atoms with Gasteiger partial charge < -0.3 is 14.8 Å². The Labute approximate surface area is 119 Å². The van der Waals surface area contributed by atoms with Crippen molar-refractivity contribution in [1.29, 1.82) is 0 Å². The summed E-state index contributed by atoms with van der Waals surface area (Å²) in [5.74, 6) is 0.780. The summed E-state index contributed by atoms with van der Waals surface area (Å²) in [6, 6.07) is 7.74. The van der Waals surface area contributed by atoms with Crippen molar-refractivity contribution < 1.29 is 4.79 Å². The zero-order chi connectivity index (χ0) is 14.5. The van der Waals surface area contributed by atoms with E-state index < -0.39 is 0 Å². The maximum atomic E-state index is 12.3. The minimum Gasteiger partial charge on any atom is -0.347 e. The van der Waals surface area contributed by atoms with Gasteiger partial charge in [0.1, 0.15) is 5.82 Å². The number of benzene rings is 1. The Kier molecular flexibility index (Phi) is 4.53. The van der Waals surface area contributed by atoms with E-state index in [-0.39, 0.29) is 5.91 Å². The Morgan fingerprint density at radius 2 is 1.85 bits per heavy atom. The summed E-state index contributed by atoms with van der Waals surface area (Å²) in [7, 11) is 5.82. The monoisotopic (exact) mass is 272 g/mol. The van der Waals surface area contributed by atoms with E-state index in [4.69, 9.17) is 0 Å². The van der Waals surface area contributed by atoms with E-state index in [2.05, 4.69) is 14.9 Å². The third-order valence-electron chi connectivity index (χ3n) is 2.99. The van der Waals surface area contributed by atoms with E-state index in [1.54, 1.807) is 24.3 Å². The summed E-state index contributed by atoms with van der Waals surface area (Å²) in [5, 5.41) is 0. The van der Waals surface area contributed by atoms with Crippen molar-refractivity contribution in [3.8, 4) is 0 Å². The predicted molar refractivity (Wildman–Crippen MR) is 78.2 cm³/mol. The number of H-pyrrole nitrogens is 1. The lowest BCUT2D eigenvalue weighted by Gasteiger charge is -2.16. The molecule has 0 aliphatic heterocycles. The number of carbonyl (C=O) groups excluding carboxylic acids is 1. The largest absolute Gasteiger partial charge is 0.347 e. The van der Waals surface area contributed by atoms with Crippen LogP contribution in [0.3, 0.4) is 0 Å². The van der Waals surface area contributed by atoms with E-state index in [1.807, 2.05) is 38.4 Å². The maximum Gasteiger partial charge on any atom is 0.253 e. The van der Waals surface area contributed by atoms with Crippen molar-refractivity contribution in [3.63, 3.8) is 0 Å². The van der Waals surface area contributed by atoms with Crippen LogP contribution in [-0.2, 0) is 13.1 Å². The average molecular weight is 272 g/mol. The zero-order valence-corrected chi connectivity index (χ0v) is 12.1. The quantitative estimate of drug-likeness (QED) is 0.902. The van der Waals surface area contributed by atoms with Gasteiger partial charge in [-0.2, -0.15) is 0 Å². The molecule has 0 aliphatic rings. The van der Waals surface area contributed by atoms with Gasteiger partial charge in [-0.3, -0.25) is 4.79 Å². The van der Waals surface area contributed by atoms with Crippen LogP contribution in [0.1, 0.15) is 21.7 Å². The molecule has 0 unspecified atom stereocenters. The third-order valence-corrected chi connectivity index (χ3v) is 2.99. The molecule has 0 saturated heterocycles. The molecule has 1 aromatic heterocycles. The molecule has 0 atom stereocenters. The summed E-state index contributed by atoms with van der Waals surface area (Å²) in [4.78, 5) is 23.1. The third kappa shape index (κ3) is 3.68. The predicted octanol–water partition coefficient (Wildman–Crippen LogP) is 1.74. The van der Waals surface area contributed by atoms with Crippen molar-refractivity contribution in [1.82, 2.24) is 19.8 Å². The molecule has 106 valence electrons. The highest BCUT2D eigenvalue weighted by molar-refractivity contribution is 5.94. The topological polar surface area (TPSA) is 52.2 Å². The standard InChI is InChI=1S/C15H20N4O/c1-18(2)10-12-4-6-13(7-5-12)15(20)19(3)11-14-16-8-9-17-14/h4-9H,10-11H2,1-3H3,(H,16,17). The zero-order valence-electron chi connectivity index (χ0n) is 12.1. The van der Waals surface area contributed by atoms with Crippen LogP contribution in [0.2, 0.25) is 0 Å². The van der Waals surface area contributed by atoms with Gasteiger partial charge in [-0.25, -0.2) is 4.98 Å². The number of nitrogens with one attached hydrogen (secondary N) is 1. The second-order valence-electron chi connectivity index (χ2n) is 5.13. The van der Waals surface area contributed by atoms with E-state index in [1.165, 1.54) is 5.56 Å². The fourth-order valence-corrected chi connectivity index (χ4v) is 2.02. The van der Waals surface area contributed by atoms with Gasteiger partial charge in [0.05, 0.1) is 6.54 Å². The summed E-state index contributed by atoms with van der Waals surface area (Å²) < 4.78 is 0. The van der Waals surface area contributed by atoms with Crippen molar-refractivity contribution in [2.24, 2.45) is 0 Å². The van der Waals surface area contributed by atoms with Gasteiger partial charge >= 0.3 is 0 Å². The van der Waals surface area contributed by atoms with Crippen molar-refractivity contribution in [2.45, 2.75) is 13.1 Å². The van der Waals surface area contributed by atoms with Gasteiger partial charge in [-0.15, -0.1) is 0 Å². The minimum atomic E-state index is -0.00203. The normalized spacial score (nSPS) is 10.8. The highest BCUT2D eigenvalue weighted by atomic mass is 16.2. The molecule has 0 radical (unpaired) electrons. The molecule has 1 heterocycles. The summed E-state index contributed by atoms with van der Waals surface area (Å²) in [5.41, 5.74) is 1.89. The van der Waals surface area contributed by atoms with Gasteiger partial charge in [-0.05, 0) is 31.8 Å². The summed E-state index contributed by atoms with van der Waals surface area (Å²) >= 11 is 0. The molecule has 1 aromatic carbocycles. The Morgan fingerprint density at radius 1 is 1.15 bits per heavy atom. The van der Waals surface area contributed by atoms with Crippen LogP contribution in [0.5, 0.6) is 0 Å². The van der Waals surface area contributed by atoms with Crippen molar-refractivity contribution in [2.75, 3.05) is 21.1 Å². The second-order valence-corrected chi connectivity index (χ2v) is 5.13. The van der Waals surface area contributed by atoms with Crippen LogP contribution in [0.4, 0.5) is 0 Å². The SMILES string of the molecule is CN(C)Cc1ccc(C(=O)N(C)Cc2ncc[nH]2)cc1. The van der Waals surface area contributed by atoms with Crippen molar-refractivity contribution >= 4 is 5.91 Å². The van der Waals surface area contributed by atoms with Crippen LogP contribution < -0.4 is 0 Å². The summed E-state index contributed by atoms with van der Waals surface area (Å²) in [6.45, 7) is 1.35. The first-order chi connectivity index (χ1) is 9.56. The van der Waals surface area contributed by atoms with E-state index in [0.29, 0.717) is 12.1 Å². The Bertz CT molecular complexity index is 546. The molecule has 0 aliphatic carbocycles. The molecule has 0 saturated carbocycles. The minimum absolute atomic E-state index is 0.00203. The Morgan fingerprint density at radius 3 is 2.40 bits per heavy atom. The average Bonchev–Trinajstić information content (AvgIpc) is 2.91. The molecule has 0 fully saturated rings. The Hall–Kier alpha value is -2.14. The first-order valence-corrected chi connectivity index (χ1v) is 6.53. The van der Waals surface area contributed by atoms with Crippen LogP contribution in [0.25, 0.3) is 0 Å². The van der Waals surface area contributed by atoms with E-state index in [9.17, 15) is 4.79 Å². The molecule has 2 rings (SSSR count). The first-order valence-electron chi connectivity index (χ1n) is 6.53. The molecule has 5 heteroatoms. The molecular formula is C15H20N4O. The first kappa shape index (κ1) is 14.3.